The highest BCUT2D eigenvalue weighted by molar-refractivity contribution is 4.83. The summed E-state index contributed by atoms with van der Waals surface area (Å²) in [7, 11) is 0. The average molecular weight is 617 g/mol. The molecule has 4 aliphatic carbocycles. The minimum atomic E-state index is 0.907. The Balaban J connectivity index is 0.000000293. The van der Waals surface area contributed by atoms with Crippen LogP contribution < -0.4 is 0 Å². The van der Waals surface area contributed by atoms with Gasteiger partial charge < -0.3 is 0 Å². The zero-order chi connectivity index (χ0) is 33.7. The quantitative estimate of drug-likeness (QED) is 0.254. The fourth-order valence-corrected chi connectivity index (χ4v) is 10.7. The molecule has 0 aromatic carbocycles. The zero-order valence-electron chi connectivity index (χ0n) is 33.7. The van der Waals surface area contributed by atoms with E-state index in [1.807, 2.05) is 0 Å². The van der Waals surface area contributed by atoms with Crippen molar-refractivity contribution in [1.29, 1.82) is 0 Å². The first-order valence-electron chi connectivity index (χ1n) is 20.5. The molecule has 44 heavy (non-hydrogen) atoms. The molecule has 4 saturated carbocycles. The molecule has 0 spiro atoms. The molecule has 0 nitrogen and oxygen atoms in total. The van der Waals surface area contributed by atoms with Gasteiger partial charge in [0.15, 0.2) is 0 Å². The SMILES string of the molecule is CC(C)[C@@H]1CCC[C@H]1C(C)C.CC(C)[C@H]1CCC[C@@H]1C(C)C.CC(C)[C@H]1CCC[C@H]1C(C)C.CC(C)[C@H]1CCC[C@H]1C(C)C. The van der Waals surface area contributed by atoms with Gasteiger partial charge in [0.2, 0.25) is 0 Å². The van der Waals surface area contributed by atoms with Gasteiger partial charge in [-0.25, -0.2) is 0 Å². The second-order valence-corrected chi connectivity index (χ2v) is 19.0. The van der Waals surface area contributed by atoms with Crippen molar-refractivity contribution >= 4 is 0 Å². The molecule has 0 N–H and O–H groups in total. The molecule has 0 unspecified atom stereocenters. The van der Waals surface area contributed by atoms with E-state index in [1.165, 1.54) is 77.0 Å². The van der Waals surface area contributed by atoms with Gasteiger partial charge in [-0.2, -0.15) is 0 Å². The molecule has 0 heteroatoms. The lowest BCUT2D eigenvalue weighted by Gasteiger charge is -2.26. The first kappa shape index (κ1) is 42.0. The van der Waals surface area contributed by atoms with Crippen LogP contribution in [-0.4, -0.2) is 0 Å². The van der Waals surface area contributed by atoms with E-state index in [0.717, 1.165) is 94.7 Å². The van der Waals surface area contributed by atoms with Crippen LogP contribution in [0.1, 0.15) is 188 Å². The lowest BCUT2D eigenvalue weighted by molar-refractivity contribution is 0.235. The Morgan fingerprint density at radius 2 is 0.295 bits per heavy atom. The first-order valence-corrected chi connectivity index (χ1v) is 20.5. The summed E-state index contributed by atoms with van der Waals surface area (Å²) < 4.78 is 0. The van der Waals surface area contributed by atoms with Crippen molar-refractivity contribution in [2.45, 2.75) is 188 Å². The third-order valence-corrected chi connectivity index (χ3v) is 13.3. The minimum absolute atomic E-state index is 0.907. The molecule has 0 aliphatic heterocycles. The van der Waals surface area contributed by atoms with Gasteiger partial charge in [0, 0.05) is 0 Å². The normalized spacial score (nSPS) is 32.2. The van der Waals surface area contributed by atoms with E-state index in [2.05, 4.69) is 111 Å². The van der Waals surface area contributed by atoms with Crippen LogP contribution in [0.2, 0.25) is 0 Å². The minimum Gasteiger partial charge on any atom is -0.0625 e. The highest BCUT2D eigenvalue weighted by atomic mass is 14.4. The first-order chi connectivity index (χ1) is 20.5. The van der Waals surface area contributed by atoms with Crippen LogP contribution in [0.5, 0.6) is 0 Å². The van der Waals surface area contributed by atoms with E-state index >= 15 is 0 Å². The van der Waals surface area contributed by atoms with Crippen LogP contribution in [0.4, 0.5) is 0 Å². The van der Waals surface area contributed by atoms with Crippen LogP contribution in [0.15, 0.2) is 0 Å². The summed E-state index contributed by atoms with van der Waals surface area (Å²) in [5.41, 5.74) is 0. The summed E-state index contributed by atoms with van der Waals surface area (Å²) in [4.78, 5) is 0. The maximum atomic E-state index is 2.38. The Kier molecular flexibility index (Phi) is 20.1. The fraction of sp³-hybridized carbons (Fsp3) is 1.00. The smallest absolute Gasteiger partial charge is 0.0360 e. The maximum absolute atomic E-state index is 2.38. The van der Waals surface area contributed by atoms with Crippen LogP contribution in [0.25, 0.3) is 0 Å². The largest absolute Gasteiger partial charge is 0.0625 e. The molecular formula is C44H88. The van der Waals surface area contributed by atoms with Gasteiger partial charge in [-0.05, 0) is 146 Å². The standard InChI is InChI=1S/4C11H22/c4*1-8(2)10-6-5-7-11(10)9(3)4/h4*8-11H,5-7H2,1-4H3/t2*10-,11+;2*10-,11-/m..10/s1. The Morgan fingerprint density at radius 1 is 0.205 bits per heavy atom. The van der Waals surface area contributed by atoms with E-state index in [9.17, 15) is 0 Å². The lowest BCUT2D eigenvalue weighted by atomic mass is 9.80. The molecule has 4 fully saturated rings. The average Bonchev–Trinajstić information content (AvgIpc) is 3.75. The molecule has 0 radical (unpaired) electrons. The van der Waals surface area contributed by atoms with Crippen molar-refractivity contribution in [2.75, 3.05) is 0 Å². The van der Waals surface area contributed by atoms with E-state index in [-0.39, 0.29) is 0 Å². The lowest BCUT2D eigenvalue weighted by Crippen LogP contribution is -2.18. The Morgan fingerprint density at radius 3 is 0.364 bits per heavy atom. The molecule has 0 aromatic rings. The van der Waals surface area contributed by atoms with E-state index in [1.54, 1.807) is 0 Å². The van der Waals surface area contributed by atoms with Gasteiger partial charge in [-0.15, -0.1) is 0 Å². The van der Waals surface area contributed by atoms with Gasteiger partial charge in [0.1, 0.15) is 0 Å². The van der Waals surface area contributed by atoms with Crippen LogP contribution in [0, 0.1) is 94.7 Å². The van der Waals surface area contributed by atoms with Crippen molar-refractivity contribution in [3.05, 3.63) is 0 Å². The third-order valence-electron chi connectivity index (χ3n) is 13.3. The highest BCUT2D eigenvalue weighted by Gasteiger charge is 2.33. The third kappa shape index (κ3) is 13.6. The highest BCUT2D eigenvalue weighted by Crippen LogP contribution is 2.43. The summed E-state index contributed by atoms with van der Waals surface area (Å²) >= 11 is 0. The summed E-state index contributed by atoms with van der Waals surface area (Å²) in [6.45, 7) is 38.1. The molecule has 0 heterocycles. The van der Waals surface area contributed by atoms with E-state index < -0.39 is 0 Å². The summed E-state index contributed by atoms with van der Waals surface area (Å²) in [5.74, 6) is 15.4. The van der Waals surface area contributed by atoms with Crippen molar-refractivity contribution in [3.63, 3.8) is 0 Å². The van der Waals surface area contributed by atoms with Gasteiger partial charge in [-0.3, -0.25) is 0 Å². The maximum Gasteiger partial charge on any atom is -0.0360 e. The van der Waals surface area contributed by atoms with Crippen molar-refractivity contribution in [3.8, 4) is 0 Å². The van der Waals surface area contributed by atoms with Crippen molar-refractivity contribution in [1.82, 2.24) is 0 Å². The second-order valence-electron chi connectivity index (χ2n) is 19.0. The summed E-state index contributed by atoms with van der Waals surface area (Å²) in [5, 5.41) is 0. The molecule has 264 valence electrons. The number of rotatable bonds is 8. The molecule has 0 saturated heterocycles. The predicted molar refractivity (Wildman–Crippen MR) is 202 cm³/mol. The number of hydrogen-bond acceptors (Lipinski definition) is 0. The molecule has 0 amide bonds. The van der Waals surface area contributed by atoms with Crippen LogP contribution in [0.3, 0.4) is 0 Å². The van der Waals surface area contributed by atoms with Crippen LogP contribution in [-0.2, 0) is 0 Å². The van der Waals surface area contributed by atoms with Crippen LogP contribution >= 0.6 is 0 Å². The van der Waals surface area contributed by atoms with E-state index in [4.69, 9.17) is 0 Å². The number of hydrogen-bond donors (Lipinski definition) is 0. The summed E-state index contributed by atoms with van der Waals surface area (Å²) in [6.07, 6.45) is 17.8. The van der Waals surface area contributed by atoms with Gasteiger partial charge in [-0.1, -0.05) is 136 Å². The zero-order valence-corrected chi connectivity index (χ0v) is 33.7. The Bertz CT molecular complexity index is 517. The fourth-order valence-electron chi connectivity index (χ4n) is 10.7. The topological polar surface area (TPSA) is 0 Å². The van der Waals surface area contributed by atoms with Gasteiger partial charge >= 0.3 is 0 Å². The molecule has 4 rings (SSSR count). The second kappa shape index (κ2) is 21.1. The predicted octanol–water partition coefficient (Wildman–Crippen LogP) is 14.9. The van der Waals surface area contributed by atoms with E-state index in [0.29, 0.717) is 0 Å². The monoisotopic (exact) mass is 617 g/mol. The van der Waals surface area contributed by atoms with Crippen molar-refractivity contribution in [2.24, 2.45) is 94.7 Å². The Labute approximate surface area is 281 Å². The van der Waals surface area contributed by atoms with Crippen molar-refractivity contribution < 1.29 is 0 Å². The molecular weight excluding hydrogens is 528 g/mol. The molecule has 0 bridgehead atoms. The summed E-state index contributed by atoms with van der Waals surface area (Å²) in [6, 6.07) is 0. The van der Waals surface area contributed by atoms with Gasteiger partial charge in [0.25, 0.3) is 0 Å². The van der Waals surface area contributed by atoms with Gasteiger partial charge in [0.05, 0.1) is 0 Å². The Hall–Kier alpha value is 0. The molecule has 4 aliphatic rings. The molecule has 8 atom stereocenters. The molecule has 0 aromatic heterocycles.